The molecule has 9 heteroatoms. The summed E-state index contributed by atoms with van der Waals surface area (Å²) in [6.45, 7) is 4.41. The Morgan fingerprint density at radius 3 is 2.47 bits per heavy atom. The number of nitrogens with zero attached hydrogens (tertiary/aromatic N) is 6. The SMILES string of the molecule is Cc1c(C#N)c(NC(=O)CSc2nnnn2-c2ccccc2)n(Cc2ccccc2)c1C. The van der Waals surface area contributed by atoms with Gasteiger partial charge in [-0.05, 0) is 47.5 Å². The van der Waals surface area contributed by atoms with E-state index in [2.05, 4.69) is 26.9 Å². The quantitative estimate of drug-likeness (QED) is 0.437. The third kappa shape index (κ3) is 4.40. The van der Waals surface area contributed by atoms with Crippen LogP contribution in [0, 0.1) is 25.2 Å². The van der Waals surface area contributed by atoms with Gasteiger partial charge in [-0.15, -0.1) is 5.10 Å². The van der Waals surface area contributed by atoms with E-state index < -0.39 is 0 Å². The van der Waals surface area contributed by atoms with E-state index in [0.29, 0.717) is 23.1 Å². The zero-order valence-electron chi connectivity index (χ0n) is 17.7. The number of carbonyl (C=O) groups excluding carboxylic acids is 1. The second kappa shape index (κ2) is 9.49. The second-order valence-electron chi connectivity index (χ2n) is 7.16. The highest BCUT2D eigenvalue weighted by atomic mass is 32.2. The van der Waals surface area contributed by atoms with E-state index in [0.717, 1.165) is 22.5 Å². The minimum Gasteiger partial charge on any atom is -0.326 e. The number of anilines is 1. The van der Waals surface area contributed by atoms with Gasteiger partial charge < -0.3 is 9.88 Å². The molecule has 1 amide bonds. The summed E-state index contributed by atoms with van der Waals surface area (Å²) in [4.78, 5) is 12.8. The van der Waals surface area contributed by atoms with Gasteiger partial charge in [0.25, 0.3) is 0 Å². The molecule has 2 aromatic heterocycles. The van der Waals surface area contributed by atoms with Crippen molar-refractivity contribution in [2.24, 2.45) is 0 Å². The summed E-state index contributed by atoms with van der Waals surface area (Å²) in [5, 5.41) is 24.9. The van der Waals surface area contributed by atoms with Crippen molar-refractivity contribution in [2.75, 3.05) is 11.1 Å². The van der Waals surface area contributed by atoms with Crippen molar-refractivity contribution in [3.05, 3.63) is 83.0 Å². The molecule has 0 radical (unpaired) electrons. The molecule has 0 saturated carbocycles. The van der Waals surface area contributed by atoms with Gasteiger partial charge in [-0.2, -0.15) is 9.94 Å². The van der Waals surface area contributed by atoms with Crippen LogP contribution < -0.4 is 5.32 Å². The molecule has 4 aromatic rings. The number of benzene rings is 2. The van der Waals surface area contributed by atoms with E-state index in [1.165, 1.54) is 11.8 Å². The fourth-order valence-corrected chi connectivity index (χ4v) is 4.08. The summed E-state index contributed by atoms with van der Waals surface area (Å²) in [6.07, 6.45) is 0. The summed E-state index contributed by atoms with van der Waals surface area (Å²) in [6, 6.07) is 21.7. The van der Waals surface area contributed by atoms with Crippen molar-refractivity contribution >= 4 is 23.5 Å². The number of para-hydroxylation sites is 1. The Bertz CT molecular complexity index is 1270. The summed E-state index contributed by atoms with van der Waals surface area (Å²) >= 11 is 1.23. The first-order chi connectivity index (χ1) is 15.6. The molecule has 0 aliphatic heterocycles. The van der Waals surface area contributed by atoms with E-state index in [1.54, 1.807) is 4.68 Å². The van der Waals surface area contributed by atoms with Crippen molar-refractivity contribution in [3.63, 3.8) is 0 Å². The molecular weight excluding hydrogens is 422 g/mol. The lowest BCUT2D eigenvalue weighted by Gasteiger charge is -2.13. The molecule has 2 heterocycles. The number of nitrogens with one attached hydrogen (secondary N) is 1. The number of hydrogen-bond donors (Lipinski definition) is 1. The molecule has 160 valence electrons. The van der Waals surface area contributed by atoms with Gasteiger partial charge in [-0.1, -0.05) is 60.3 Å². The molecule has 0 aliphatic carbocycles. The monoisotopic (exact) mass is 443 g/mol. The molecule has 0 fully saturated rings. The average molecular weight is 444 g/mol. The summed E-state index contributed by atoms with van der Waals surface area (Å²) in [7, 11) is 0. The number of amides is 1. The first kappa shape index (κ1) is 21.3. The van der Waals surface area contributed by atoms with Gasteiger partial charge in [0.1, 0.15) is 11.9 Å². The van der Waals surface area contributed by atoms with Crippen LogP contribution in [0.15, 0.2) is 65.8 Å². The van der Waals surface area contributed by atoms with Crippen molar-refractivity contribution < 1.29 is 4.79 Å². The minimum absolute atomic E-state index is 0.104. The average Bonchev–Trinajstić information content (AvgIpc) is 3.38. The van der Waals surface area contributed by atoms with Crippen LogP contribution in [0.25, 0.3) is 5.69 Å². The van der Waals surface area contributed by atoms with Gasteiger partial charge in [0, 0.05) is 12.2 Å². The number of thioether (sulfide) groups is 1. The van der Waals surface area contributed by atoms with Crippen molar-refractivity contribution in [3.8, 4) is 11.8 Å². The molecule has 0 saturated heterocycles. The van der Waals surface area contributed by atoms with Crippen molar-refractivity contribution in [1.29, 1.82) is 5.26 Å². The lowest BCUT2D eigenvalue weighted by atomic mass is 10.2. The Kier molecular flexibility index (Phi) is 6.33. The summed E-state index contributed by atoms with van der Waals surface area (Å²) in [5.74, 6) is 0.382. The zero-order chi connectivity index (χ0) is 22.5. The Balaban J connectivity index is 1.52. The molecular formula is C23H21N7OS. The number of rotatable bonds is 7. The maximum absolute atomic E-state index is 12.8. The van der Waals surface area contributed by atoms with Crippen LogP contribution >= 0.6 is 11.8 Å². The lowest BCUT2D eigenvalue weighted by molar-refractivity contribution is -0.113. The minimum atomic E-state index is -0.235. The largest absolute Gasteiger partial charge is 0.326 e. The smallest absolute Gasteiger partial charge is 0.235 e. The van der Waals surface area contributed by atoms with Crippen LogP contribution in [0.2, 0.25) is 0 Å². The third-order valence-corrected chi connectivity index (χ3v) is 6.08. The van der Waals surface area contributed by atoms with Crippen LogP contribution in [-0.2, 0) is 11.3 Å². The van der Waals surface area contributed by atoms with Crippen LogP contribution in [-0.4, -0.2) is 36.4 Å². The fourth-order valence-electron chi connectivity index (χ4n) is 3.39. The number of hydrogen-bond acceptors (Lipinski definition) is 6. The zero-order valence-corrected chi connectivity index (χ0v) is 18.5. The van der Waals surface area contributed by atoms with Crippen molar-refractivity contribution in [1.82, 2.24) is 24.8 Å². The predicted molar refractivity (Wildman–Crippen MR) is 123 cm³/mol. The Morgan fingerprint density at radius 1 is 1.09 bits per heavy atom. The fraction of sp³-hybridized carbons (Fsp3) is 0.174. The summed E-state index contributed by atoms with van der Waals surface area (Å²) < 4.78 is 3.56. The van der Waals surface area contributed by atoms with E-state index in [4.69, 9.17) is 0 Å². The third-order valence-electron chi connectivity index (χ3n) is 5.16. The van der Waals surface area contributed by atoms with Crippen LogP contribution in [0.4, 0.5) is 5.82 Å². The standard InChI is InChI=1S/C23H21N7OS/c1-16-17(2)29(14-18-9-5-3-6-10-18)22(20(16)13-24)25-21(31)15-32-23-26-27-28-30(23)19-11-7-4-8-12-19/h3-12H,14-15H2,1-2H3,(H,25,31). The molecule has 4 rings (SSSR count). The molecule has 0 atom stereocenters. The van der Waals surface area contributed by atoms with E-state index in [1.807, 2.05) is 79.1 Å². The van der Waals surface area contributed by atoms with Gasteiger partial charge in [0.2, 0.25) is 11.1 Å². The first-order valence-electron chi connectivity index (χ1n) is 9.98. The Morgan fingerprint density at radius 2 is 1.78 bits per heavy atom. The van der Waals surface area contributed by atoms with E-state index in [-0.39, 0.29) is 11.7 Å². The van der Waals surface area contributed by atoms with Gasteiger partial charge in [0.05, 0.1) is 17.0 Å². The van der Waals surface area contributed by atoms with Crippen LogP contribution in [0.1, 0.15) is 22.4 Å². The Hall–Kier alpha value is -3.90. The molecule has 8 nitrogen and oxygen atoms in total. The second-order valence-corrected chi connectivity index (χ2v) is 8.11. The topological polar surface area (TPSA) is 101 Å². The maximum atomic E-state index is 12.8. The van der Waals surface area contributed by atoms with Gasteiger partial charge in [-0.3, -0.25) is 4.79 Å². The lowest BCUT2D eigenvalue weighted by Crippen LogP contribution is -2.19. The normalized spacial score (nSPS) is 10.7. The number of carbonyl (C=O) groups is 1. The molecule has 32 heavy (non-hydrogen) atoms. The highest BCUT2D eigenvalue weighted by Crippen LogP contribution is 2.28. The number of tetrazole rings is 1. The molecule has 0 unspecified atom stereocenters. The summed E-state index contributed by atoms with van der Waals surface area (Å²) in [5.41, 5.74) is 4.18. The van der Waals surface area contributed by atoms with E-state index in [9.17, 15) is 10.1 Å². The molecule has 0 spiro atoms. The molecule has 0 bridgehead atoms. The van der Waals surface area contributed by atoms with Gasteiger partial charge in [-0.25, -0.2) is 0 Å². The molecule has 0 aliphatic rings. The highest BCUT2D eigenvalue weighted by molar-refractivity contribution is 7.99. The van der Waals surface area contributed by atoms with Crippen molar-refractivity contribution in [2.45, 2.75) is 25.5 Å². The van der Waals surface area contributed by atoms with Crippen LogP contribution in [0.5, 0.6) is 0 Å². The van der Waals surface area contributed by atoms with E-state index >= 15 is 0 Å². The first-order valence-corrected chi connectivity index (χ1v) is 11.0. The number of nitriles is 1. The Labute approximate surface area is 189 Å². The predicted octanol–water partition coefficient (Wildman–Crippen LogP) is 3.73. The maximum Gasteiger partial charge on any atom is 0.235 e. The molecule has 2 aromatic carbocycles. The van der Waals surface area contributed by atoms with Crippen LogP contribution in [0.3, 0.4) is 0 Å². The van der Waals surface area contributed by atoms with Gasteiger partial charge in [0.15, 0.2) is 0 Å². The van der Waals surface area contributed by atoms with Gasteiger partial charge >= 0.3 is 0 Å². The highest BCUT2D eigenvalue weighted by Gasteiger charge is 2.20. The number of aromatic nitrogens is 5. The molecule has 1 N–H and O–H groups in total.